The Morgan fingerprint density at radius 1 is 1.57 bits per heavy atom. The molecule has 0 aromatic heterocycles. The van der Waals surface area contributed by atoms with Crippen LogP contribution < -0.4 is 11.1 Å². The van der Waals surface area contributed by atoms with E-state index in [1.54, 1.807) is 13.0 Å². The molecule has 3 nitrogen and oxygen atoms in total. The number of anilines is 1. The average molecular weight is 213 g/mol. The predicted molar refractivity (Wildman–Crippen MR) is 58.5 cm³/mol. The Labute approximate surface area is 88.2 Å². The zero-order chi connectivity index (χ0) is 10.7. The molecule has 0 saturated carbocycles. The van der Waals surface area contributed by atoms with E-state index in [0.29, 0.717) is 5.02 Å². The van der Waals surface area contributed by atoms with Crippen LogP contribution in [0.25, 0.3) is 0 Å². The van der Waals surface area contributed by atoms with Crippen LogP contribution in [0.4, 0.5) is 5.69 Å². The summed E-state index contributed by atoms with van der Waals surface area (Å²) in [6.07, 6.45) is 0. The van der Waals surface area contributed by atoms with Gasteiger partial charge in [0.1, 0.15) is 6.04 Å². The van der Waals surface area contributed by atoms with Crippen molar-refractivity contribution in [2.75, 3.05) is 5.32 Å². The zero-order valence-corrected chi connectivity index (χ0v) is 8.93. The van der Waals surface area contributed by atoms with Crippen LogP contribution in [0.15, 0.2) is 18.2 Å². The van der Waals surface area contributed by atoms with Crippen LogP contribution in [0, 0.1) is 6.92 Å². The molecule has 0 fully saturated rings. The highest BCUT2D eigenvalue weighted by Gasteiger charge is 2.09. The van der Waals surface area contributed by atoms with Crippen LogP contribution in [0.1, 0.15) is 12.5 Å². The van der Waals surface area contributed by atoms with Crippen LogP contribution in [0.3, 0.4) is 0 Å². The number of nitrogens with two attached hydrogens (primary N) is 1. The second kappa shape index (κ2) is 4.33. The molecule has 1 amide bonds. The fourth-order valence-corrected chi connectivity index (χ4v) is 1.24. The number of carbonyl (C=O) groups excluding carboxylic acids is 1. The van der Waals surface area contributed by atoms with Crippen molar-refractivity contribution in [3.8, 4) is 0 Å². The Balaban J connectivity index is 2.87. The van der Waals surface area contributed by atoms with Gasteiger partial charge in [0.2, 0.25) is 5.91 Å². The second-order valence-electron chi connectivity index (χ2n) is 3.18. The molecular formula is C10H13ClN2O. The van der Waals surface area contributed by atoms with E-state index >= 15 is 0 Å². The topological polar surface area (TPSA) is 55.1 Å². The molecule has 0 aliphatic heterocycles. The molecule has 14 heavy (non-hydrogen) atoms. The highest BCUT2D eigenvalue weighted by Crippen LogP contribution is 2.23. The van der Waals surface area contributed by atoms with E-state index in [2.05, 4.69) is 5.32 Å². The highest BCUT2D eigenvalue weighted by atomic mass is 35.5. The van der Waals surface area contributed by atoms with Gasteiger partial charge in [-0.2, -0.15) is 0 Å². The van der Waals surface area contributed by atoms with E-state index in [1.807, 2.05) is 19.1 Å². The third kappa shape index (κ3) is 2.39. The minimum atomic E-state index is -0.396. The van der Waals surface area contributed by atoms with Crippen LogP contribution >= 0.6 is 11.6 Å². The number of hydrogen-bond donors (Lipinski definition) is 2. The van der Waals surface area contributed by atoms with Crippen molar-refractivity contribution in [3.05, 3.63) is 28.8 Å². The molecule has 0 heterocycles. The van der Waals surface area contributed by atoms with E-state index in [9.17, 15) is 4.79 Å². The summed E-state index contributed by atoms with van der Waals surface area (Å²) in [5.74, 6) is -0.385. The molecule has 0 unspecified atom stereocenters. The van der Waals surface area contributed by atoms with E-state index in [1.165, 1.54) is 0 Å². The lowest BCUT2D eigenvalue weighted by atomic mass is 10.2. The number of benzene rings is 1. The van der Waals surface area contributed by atoms with Crippen LogP contribution in [0.2, 0.25) is 5.02 Å². The van der Waals surface area contributed by atoms with E-state index in [0.717, 1.165) is 11.3 Å². The Morgan fingerprint density at radius 2 is 2.21 bits per heavy atom. The second-order valence-corrected chi connectivity index (χ2v) is 3.59. The highest BCUT2D eigenvalue weighted by molar-refractivity contribution is 6.31. The number of hydrogen-bond acceptors (Lipinski definition) is 2. The lowest BCUT2D eigenvalue weighted by molar-refractivity contribution is -0.118. The summed E-state index contributed by atoms with van der Waals surface area (Å²) in [6, 6.07) is 5.09. The van der Waals surface area contributed by atoms with Crippen LogP contribution in [-0.4, -0.2) is 11.9 Å². The number of halogens is 1. The summed E-state index contributed by atoms with van der Waals surface area (Å²) in [4.78, 5) is 10.8. The fourth-order valence-electron chi connectivity index (χ4n) is 1.07. The van der Waals surface area contributed by atoms with Gasteiger partial charge < -0.3 is 11.1 Å². The van der Waals surface area contributed by atoms with Gasteiger partial charge >= 0.3 is 0 Å². The predicted octanol–water partition coefficient (Wildman–Crippen LogP) is 1.93. The van der Waals surface area contributed by atoms with Gasteiger partial charge in [-0.1, -0.05) is 17.7 Å². The average Bonchev–Trinajstić information content (AvgIpc) is 2.12. The van der Waals surface area contributed by atoms with Crippen molar-refractivity contribution in [2.45, 2.75) is 19.9 Å². The van der Waals surface area contributed by atoms with Gasteiger partial charge in [0, 0.05) is 10.7 Å². The maximum atomic E-state index is 10.8. The maximum absolute atomic E-state index is 10.8. The smallest absolute Gasteiger partial charge is 0.239 e. The van der Waals surface area contributed by atoms with Crippen molar-refractivity contribution >= 4 is 23.2 Å². The van der Waals surface area contributed by atoms with Gasteiger partial charge in [0.15, 0.2) is 0 Å². The molecule has 0 saturated heterocycles. The Morgan fingerprint density at radius 3 is 2.79 bits per heavy atom. The molecule has 4 heteroatoms. The largest absolute Gasteiger partial charge is 0.374 e. The molecule has 0 bridgehead atoms. The number of carbonyl (C=O) groups is 1. The summed E-state index contributed by atoms with van der Waals surface area (Å²) in [5, 5.41) is 3.66. The van der Waals surface area contributed by atoms with Gasteiger partial charge in [-0.25, -0.2) is 0 Å². The van der Waals surface area contributed by atoms with E-state index in [-0.39, 0.29) is 5.91 Å². The first kappa shape index (κ1) is 10.9. The molecule has 3 N–H and O–H groups in total. The first-order valence-corrected chi connectivity index (χ1v) is 4.71. The van der Waals surface area contributed by atoms with Gasteiger partial charge in [0.25, 0.3) is 0 Å². The lowest BCUT2D eigenvalue weighted by Gasteiger charge is -2.14. The van der Waals surface area contributed by atoms with E-state index < -0.39 is 6.04 Å². The standard InChI is InChI=1S/C10H13ClN2O/c1-6-8(11)4-3-5-9(6)13-7(2)10(12)14/h3-5,7,13H,1-2H3,(H2,12,14)/t7-/m0/s1. The Kier molecular flexibility index (Phi) is 3.36. The van der Waals surface area contributed by atoms with Gasteiger partial charge in [-0.3, -0.25) is 4.79 Å². The lowest BCUT2D eigenvalue weighted by Crippen LogP contribution is -2.32. The Bertz CT molecular complexity index is 352. The minimum absolute atomic E-state index is 0.385. The molecule has 1 aromatic rings. The first-order valence-electron chi connectivity index (χ1n) is 4.33. The van der Waals surface area contributed by atoms with Crippen molar-refractivity contribution in [2.24, 2.45) is 5.73 Å². The van der Waals surface area contributed by atoms with Gasteiger partial charge in [-0.05, 0) is 31.5 Å². The van der Waals surface area contributed by atoms with Gasteiger partial charge in [0.05, 0.1) is 0 Å². The molecule has 1 atom stereocenters. The molecule has 0 radical (unpaired) electrons. The summed E-state index contributed by atoms with van der Waals surface area (Å²) < 4.78 is 0. The van der Waals surface area contributed by atoms with Crippen molar-refractivity contribution in [1.29, 1.82) is 0 Å². The zero-order valence-electron chi connectivity index (χ0n) is 8.17. The Hall–Kier alpha value is -1.22. The summed E-state index contributed by atoms with van der Waals surface area (Å²) in [5.41, 5.74) is 6.89. The summed E-state index contributed by atoms with van der Waals surface area (Å²) in [7, 11) is 0. The maximum Gasteiger partial charge on any atom is 0.239 e. The van der Waals surface area contributed by atoms with Crippen LogP contribution in [-0.2, 0) is 4.79 Å². The number of amides is 1. The van der Waals surface area contributed by atoms with Crippen LogP contribution in [0.5, 0.6) is 0 Å². The number of primary amides is 1. The van der Waals surface area contributed by atoms with Gasteiger partial charge in [-0.15, -0.1) is 0 Å². The van der Waals surface area contributed by atoms with Crippen molar-refractivity contribution in [1.82, 2.24) is 0 Å². The molecule has 1 rings (SSSR count). The third-order valence-electron chi connectivity index (χ3n) is 2.07. The fraction of sp³-hybridized carbons (Fsp3) is 0.300. The molecule has 76 valence electrons. The molecule has 1 aromatic carbocycles. The molecule has 0 aliphatic carbocycles. The number of rotatable bonds is 3. The SMILES string of the molecule is Cc1c(Cl)cccc1N[C@@H](C)C(N)=O. The number of nitrogens with one attached hydrogen (secondary N) is 1. The minimum Gasteiger partial charge on any atom is -0.374 e. The molecular weight excluding hydrogens is 200 g/mol. The molecule has 0 spiro atoms. The van der Waals surface area contributed by atoms with Crippen molar-refractivity contribution < 1.29 is 4.79 Å². The quantitative estimate of drug-likeness (QED) is 0.805. The monoisotopic (exact) mass is 212 g/mol. The molecule has 0 aliphatic rings. The van der Waals surface area contributed by atoms with Crippen molar-refractivity contribution in [3.63, 3.8) is 0 Å². The normalized spacial score (nSPS) is 12.2. The van der Waals surface area contributed by atoms with E-state index in [4.69, 9.17) is 17.3 Å². The summed E-state index contributed by atoms with van der Waals surface area (Å²) in [6.45, 7) is 3.60. The third-order valence-corrected chi connectivity index (χ3v) is 2.48. The summed E-state index contributed by atoms with van der Waals surface area (Å²) >= 11 is 5.92. The first-order chi connectivity index (χ1) is 6.52.